The number of sulfone groups is 1. The number of pyridine rings is 2. The standard InChI is InChI=1S/C20H25N5O4S/c1-13-10-16(30(28,29)12-14-4-2-5-14)19(22)20(27)25(13)17-7-3-6-15(24-17)11-18(26)23-9-8-21/h3,6-7,9-10,14H,2,4-5,8,11-12,21-22H2,1H3. The van der Waals surface area contributed by atoms with Crippen LogP contribution in [0, 0.1) is 12.8 Å². The molecule has 0 aliphatic heterocycles. The molecule has 10 heteroatoms. The summed E-state index contributed by atoms with van der Waals surface area (Å²) in [5.41, 5.74) is 11.1. The van der Waals surface area contributed by atoms with E-state index in [1.165, 1.54) is 16.8 Å². The molecule has 1 aliphatic rings. The summed E-state index contributed by atoms with van der Waals surface area (Å²) in [5, 5.41) is 0. The summed E-state index contributed by atoms with van der Waals surface area (Å²) in [6.45, 7) is 1.78. The molecule has 4 N–H and O–H groups in total. The first-order chi connectivity index (χ1) is 14.2. The quantitative estimate of drug-likeness (QED) is 0.615. The SMILES string of the molecule is Cc1cc(S(=O)(=O)CC2CCC2)c(N)c(=O)n1-c1cccc(CC(=O)N=CCN)n1. The highest BCUT2D eigenvalue weighted by atomic mass is 32.2. The molecule has 160 valence electrons. The zero-order valence-corrected chi connectivity index (χ0v) is 17.6. The minimum Gasteiger partial charge on any atom is -0.393 e. The maximum absolute atomic E-state index is 12.9. The van der Waals surface area contributed by atoms with Crippen molar-refractivity contribution < 1.29 is 13.2 Å². The highest BCUT2D eigenvalue weighted by Gasteiger charge is 2.29. The molecule has 0 unspecified atom stereocenters. The van der Waals surface area contributed by atoms with Gasteiger partial charge < -0.3 is 11.5 Å². The summed E-state index contributed by atoms with van der Waals surface area (Å²) in [6, 6.07) is 6.30. The number of nitrogens with two attached hydrogens (primary N) is 2. The second kappa shape index (κ2) is 8.88. The third-order valence-electron chi connectivity index (χ3n) is 5.10. The van der Waals surface area contributed by atoms with Crippen LogP contribution < -0.4 is 17.0 Å². The summed E-state index contributed by atoms with van der Waals surface area (Å²) in [5.74, 6) is -0.0412. The lowest BCUT2D eigenvalue weighted by Crippen LogP contribution is -2.29. The van der Waals surface area contributed by atoms with E-state index in [9.17, 15) is 18.0 Å². The van der Waals surface area contributed by atoms with Gasteiger partial charge in [-0.05, 0) is 43.9 Å². The number of nitrogen functional groups attached to an aromatic ring is 1. The van der Waals surface area contributed by atoms with Gasteiger partial charge in [0.2, 0.25) is 0 Å². The zero-order chi connectivity index (χ0) is 21.9. The minimum atomic E-state index is -3.66. The van der Waals surface area contributed by atoms with Gasteiger partial charge in [0, 0.05) is 18.5 Å². The van der Waals surface area contributed by atoms with E-state index in [0.717, 1.165) is 19.3 Å². The molecule has 1 saturated carbocycles. The van der Waals surface area contributed by atoms with Crippen LogP contribution in [0.15, 0.2) is 38.9 Å². The molecular formula is C20H25N5O4S. The van der Waals surface area contributed by atoms with E-state index < -0.39 is 21.3 Å². The van der Waals surface area contributed by atoms with Gasteiger partial charge in [-0.1, -0.05) is 12.5 Å². The molecule has 0 bridgehead atoms. The van der Waals surface area contributed by atoms with E-state index in [1.54, 1.807) is 25.1 Å². The molecule has 1 aliphatic carbocycles. The molecule has 3 rings (SSSR count). The van der Waals surface area contributed by atoms with Crippen LogP contribution in [0.4, 0.5) is 5.69 Å². The average Bonchev–Trinajstić information content (AvgIpc) is 2.66. The lowest BCUT2D eigenvalue weighted by Gasteiger charge is -2.25. The second-order valence-corrected chi connectivity index (χ2v) is 9.39. The van der Waals surface area contributed by atoms with E-state index in [1.807, 2.05) is 0 Å². The van der Waals surface area contributed by atoms with Crippen molar-refractivity contribution in [1.82, 2.24) is 9.55 Å². The molecule has 1 amide bonds. The Hall–Kier alpha value is -2.85. The highest BCUT2D eigenvalue weighted by molar-refractivity contribution is 7.91. The topological polar surface area (TPSA) is 150 Å². The molecule has 0 atom stereocenters. The third-order valence-corrected chi connectivity index (χ3v) is 7.02. The number of aromatic nitrogens is 2. The minimum absolute atomic E-state index is 0.000736. The van der Waals surface area contributed by atoms with Crippen LogP contribution in [0.1, 0.15) is 30.7 Å². The van der Waals surface area contributed by atoms with E-state index in [4.69, 9.17) is 11.5 Å². The summed E-state index contributed by atoms with van der Waals surface area (Å²) < 4.78 is 26.8. The Balaban J connectivity index is 1.97. The van der Waals surface area contributed by atoms with E-state index in [0.29, 0.717) is 11.4 Å². The van der Waals surface area contributed by atoms with Crippen molar-refractivity contribution in [2.45, 2.75) is 37.5 Å². The Bertz CT molecular complexity index is 1150. The monoisotopic (exact) mass is 431 g/mol. The number of amides is 1. The normalized spacial score (nSPS) is 14.7. The van der Waals surface area contributed by atoms with Gasteiger partial charge in [0.25, 0.3) is 11.5 Å². The average molecular weight is 432 g/mol. The van der Waals surface area contributed by atoms with Gasteiger partial charge in [-0.2, -0.15) is 0 Å². The Morgan fingerprint density at radius 2 is 2.10 bits per heavy atom. The molecule has 0 saturated heterocycles. The van der Waals surface area contributed by atoms with E-state index >= 15 is 0 Å². The Labute approximate surface area is 174 Å². The molecule has 1 fully saturated rings. The smallest absolute Gasteiger partial charge is 0.280 e. The van der Waals surface area contributed by atoms with Crippen LogP contribution >= 0.6 is 0 Å². The molecule has 9 nitrogen and oxygen atoms in total. The highest BCUT2D eigenvalue weighted by Crippen LogP contribution is 2.31. The lowest BCUT2D eigenvalue weighted by atomic mass is 9.87. The third kappa shape index (κ3) is 4.65. The predicted octanol–water partition coefficient (Wildman–Crippen LogP) is 0.796. The molecule has 0 aromatic carbocycles. The fourth-order valence-electron chi connectivity index (χ4n) is 3.36. The molecule has 0 radical (unpaired) electrons. The first-order valence-electron chi connectivity index (χ1n) is 9.69. The van der Waals surface area contributed by atoms with Gasteiger partial charge in [0.15, 0.2) is 9.84 Å². The van der Waals surface area contributed by atoms with Crippen molar-refractivity contribution in [2.75, 3.05) is 18.0 Å². The summed E-state index contributed by atoms with van der Waals surface area (Å²) >= 11 is 0. The van der Waals surface area contributed by atoms with Gasteiger partial charge in [-0.3, -0.25) is 14.2 Å². The summed E-state index contributed by atoms with van der Waals surface area (Å²) in [6.07, 6.45) is 4.03. The Morgan fingerprint density at radius 1 is 1.37 bits per heavy atom. The number of anilines is 1. The molecule has 30 heavy (non-hydrogen) atoms. The number of carbonyl (C=O) groups is 1. The van der Waals surface area contributed by atoms with Crippen molar-refractivity contribution in [3.05, 3.63) is 46.0 Å². The maximum Gasteiger partial charge on any atom is 0.280 e. The molecule has 2 aromatic rings. The van der Waals surface area contributed by atoms with Crippen LogP contribution in [0.2, 0.25) is 0 Å². The van der Waals surface area contributed by atoms with E-state index in [2.05, 4.69) is 9.98 Å². The van der Waals surface area contributed by atoms with Gasteiger partial charge in [-0.25, -0.2) is 18.4 Å². The van der Waals surface area contributed by atoms with Crippen molar-refractivity contribution in [2.24, 2.45) is 16.6 Å². The number of carbonyl (C=O) groups excluding carboxylic acids is 1. The van der Waals surface area contributed by atoms with Crippen LogP contribution in [0.25, 0.3) is 5.82 Å². The number of aliphatic imine (C=N–C) groups is 1. The van der Waals surface area contributed by atoms with Crippen molar-refractivity contribution >= 4 is 27.6 Å². The van der Waals surface area contributed by atoms with Gasteiger partial charge in [0.1, 0.15) is 11.5 Å². The van der Waals surface area contributed by atoms with Crippen LogP contribution in [0.5, 0.6) is 0 Å². The zero-order valence-electron chi connectivity index (χ0n) is 16.7. The van der Waals surface area contributed by atoms with Crippen molar-refractivity contribution in [1.29, 1.82) is 0 Å². The fourth-order valence-corrected chi connectivity index (χ4v) is 5.27. The number of nitrogens with zero attached hydrogens (tertiary/aromatic N) is 3. The maximum atomic E-state index is 12.9. The molecule has 2 heterocycles. The van der Waals surface area contributed by atoms with Crippen LogP contribution in [-0.4, -0.2) is 42.4 Å². The van der Waals surface area contributed by atoms with Crippen molar-refractivity contribution in [3.8, 4) is 5.82 Å². The first kappa shape index (κ1) is 21.8. The van der Waals surface area contributed by atoms with Crippen molar-refractivity contribution in [3.63, 3.8) is 0 Å². The molecule has 2 aromatic heterocycles. The predicted molar refractivity (Wildman–Crippen MR) is 115 cm³/mol. The number of hydrogen-bond donors (Lipinski definition) is 2. The van der Waals surface area contributed by atoms with Gasteiger partial charge in [0.05, 0.1) is 22.8 Å². The van der Waals surface area contributed by atoms with E-state index in [-0.39, 0.29) is 41.0 Å². The summed E-state index contributed by atoms with van der Waals surface area (Å²) in [4.78, 5) is 32.7. The lowest BCUT2D eigenvalue weighted by molar-refractivity contribution is -0.117. The van der Waals surface area contributed by atoms with Crippen LogP contribution in [-0.2, 0) is 21.1 Å². The Kier molecular flexibility index (Phi) is 6.47. The Morgan fingerprint density at radius 3 is 2.73 bits per heavy atom. The van der Waals surface area contributed by atoms with Gasteiger partial charge in [-0.15, -0.1) is 0 Å². The number of aryl methyl sites for hydroxylation is 1. The van der Waals surface area contributed by atoms with Gasteiger partial charge >= 0.3 is 0 Å². The number of rotatable bonds is 7. The van der Waals surface area contributed by atoms with Crippen LogP contribution in [0.3, 0.4) is 0 Å². The molecule has 0 spiro atoms. The first-order valence-corrected chi connectivity index (χ1v) is 11.3. The molecular weight excluding hydrogens is 406 g/mol. The largest absolute Gasteiger partial charge is 0.393 e. The summed E-state index contributed by atoms with van der Waals surface area (Å²) in [7, 11) is -3.66. The fraction of sp³-hybridized carbons (Fsp3) is 0.400. The number of hydrogen-bond acceptors (Lipinski definition) is 7. The second-order valence-electron chi connectivity index (χ2n) is 7.39.